The maximum atomic E-state index is 12.0. The summed E-state index contributed by atoms with van der Waals surface area (Å²) in [6.07, 6.45) is -0.196. The van der Waals surface area contributed by atoms with Gasteiger partial charge in [-0.25, -0.2) is 0 Å². The molecule has 0 bridgehead atoms. The number of amides is 2. The third-order valence-corrected chi connectivity index (χ3v) is 4.02. The summed E-state index contributed by atoms with van der Waals surface area (Å²) in [4.78, 5) is 35.9. The molecule has 0 aromatic heterocycles. The third-order valence-electron chi connectivity index (χ3n) is 3.08. The summed E-state index contributed by atoms with van der Waals surface area (Å²) in [6.45, 7) is -0.0330. The van der Waals surface area contributed by atoms with Crippen molar-refractivity contribution in [3.8, 4) is 0 Å². The largest absolute Gasteiger partial charge is 0.481 e. The van der Waals surface area contributed by atoms with Crippen LogP contribution < -0.4 is 5.32 Å². The van der Waals surface area contributed by atoms with Crippen LogP contribution in [0.5, 0.6) is 0 Å². The molecule has 0 aliphatic carbocycles. The molecule has 1 saturated heterocycles. The van der Waals surface area contributed by atoms with Crippen molar-refractivity contribution in [3.05, 3.63) is 35.9 Å². The Labute approximate surface area is 126 Å². The van der Waals surface area contributed by atoms with Gasteiger partial charge in [0.25, 0.3) is 0 Å². The normalized spacial score (nSPS) is 15.8. The fraction of sp³-hybridized carbons (Fsp3) is 0.357. The molecule has 1 aromatic rings. The van der Waals surface area contributed by atoms with Gasteiger partial charge in [-0.2, -0.15) is 0 Å². The molecule has 0 saturated carbocycles. The molecule has 7 heteroatoms. The van der Waals surface area contributed by atoms with E-state index >= 15 is 0 Å². The van der Waals surface area contributed by atoms with Crippen molar-refractivity contribution in [2.45, 2.75) is 12.5 Å². The number of thioether (sulfide) groups is 1. The summed E-state index contributed by atoms with van der Waals surface area (Å²) >= 11 is 1.46. The molecule has 0 unspecified atom stereocenters. The first-order chi connectivity index (χ1) is 10.1. The van der Waals surface area contributed by atoms with E-state index in [1.807, 2.05) is 6.07 Å². The van der Waals surface area contributed by atoms with Crippen molar-refractivity contribution >= 4 is 29.5 Å². The molecule has 0 radical (unpaired) electrons. The molecule has 2 N–H and O–H groups in total. The lowest BCUT2D eigenvalue weighted by molar-refractivity contribution is -0.138. The second kappa shape index (κ2) is 7.12. The molecule has 1 atom stereocenters. The highest BCUT2D eigenvalue weighted by atomic mass is 32.2. The average Bonchev–Trinajstić information content (AvgIpc) is 2.84. The number of rotatable bonds is 6. The predicted octanol–water partition coefficient (Wildman–Crippen LogP) is 0.851. The summed E-state index contributed by atoms with van der Waals surface area (Å²) < 4.78 is 0. The highest BCUT2D eigenvalue weighted by Gasteiger charge is 2.25. The van der Waals surface area contributed by atoms with E-state index in [0.717, 1.165) is 5.56 Å². The van der Waals surface area contributed by atoms with Crippen molar-refractivity contribution in [1.29, 1.82) is 0 Å². The van der Waals surface area contributed by atoms with Crippen LogP contribution in [0.25, 0.3) is 0 Å². The molecule has 0 spiro atoms. The predicted molar refractivity (Wildman–Crippen MR) is 78.6 cm³/mol. The van der Waals surface area contributed by atoms with Gasteiger partial charge in [-0.3, -0.25) is 14.4 Å². The van der Waals surface area contributed by atoms with Gasteiger partial charge < -0.3 is 15.3 Å². The van der Waals surface area contributed by atoms with Crippen molar-refractivity contribution in [3.63, 3.8) is 0 Å². The number of benzene rings is 1. The Morgan fingerprint density at radius 3 is 2.62 bits per heavy atom. The minimum atomic E-state index is -0.989. The topological polar surface area (TPSA) is 86.7 Å². The van der Waals surface area contributed by atoms with Crippen molar-refractivity contribution in [2.24, 2.45) is 0 Å². The first-order valence-corrected chi connectivity index (χ1v) is 7.63. The number of hydrogen-bond acceptors (Lipinski definition) is 4. The molecule has 1 aliphatic rings. The van der Waals surface area contributed by atoms with E-state index in [2.05, 4.69) is 5.32 Å². The molecular weight excluding hydrogens is 292 g/mol. The van der Waals surface area contributed by atoms with Crippen LogP contribution in [0.4, 0.5) is 0 Å². The third kappa shape index (κ3) is 4.49. The SMILES string of the molecule is O=C(O)C[C@@H](NC(=O)CN1CSCC1=O)c1ccccc1. The number of nitrogens with zero attached hydrogens (tertiary/aromatic N) is 1. The number of carboxylic acid groups (broad SMARTS) is 1. The molecule has 112 valence electrons. The Morgan fingerprint density at radius 1 is 1.33 bits per heavy atom. The van der Waals surface area contributed by atoms with Crippen LogP contribution in [0.3, 0.4) is 0 Å². The standard InChI is InChI=1S/C14H16N2O4S/c17-12(7-16-9-21-8-13(16)18)15-11(6-14(19)20)10-4-2-1-3-5-10/h1-5,11H,6-9H2,(H,15,17)(H,19,20)/t11-/m1/s1. The number of aliphatic carboxylic acids is 1. The number of hydrogen-bond donors (Lipinski definition) is 2. The van der Waals surface area contributed by atoms with Gasteiger partial charge in [0.2, 0.25) is 11.8 Å². The molecule has 2 rings (SSSR count). The fourth-order valence-electron chi connectivity index (χ4n) is 2.07. The lowest BCUT2D eigenvalue weighted by Gasteiger charge is -2.20. The Balaban J connectivity index is 1.99. The maximum absolute atomic E-state index is 12.0. The van der Waals surface area contributed by atoms with Crippen molar-refractivity contribution in [1.82, 2.24) is 10.2 Å². The Morgan fingerprint density at radius 2 is 2.05 bits per heavy atom. The van der Waals surface area contributed by atoms with Gasteiger partial charge >= 0.3 is 5.97 Å². The summed E-state index contributed by atoms with van der Waals surface area (Å²) in [6, 6.07) is 8.34. The van der Waals surface area contributed by atoms with E-state index in [0.29, 0.717) is 11.6 Å². The second-order valence-electron chi connectivity index (χ2n) is 4.70. The van der Waals surface area contributed by atoms with Gasteiger partial charge in [0, 0.05) is 0 Å². The number of carbonyl (C=O) groups excluding carboxylic acids is 2. The number of nitrogens with one attached hydrogen (secondary N) is 1. The van der Waals surface area contributed by atoms with Gasteiger partial charge in [-0.1, -0.05) is 30.3 Å². The van der Waals surface area contributed by atoms with Crippen molar-refractivity contribution in [2.75, 3.05) is 18.2 Å². The Kier molecular flexibility index (Phi) is 5.21. The smallest absolute Gasteiger partial charge is 0.305 e. The number of carbonyl (C=O) groups is 3. The van der Waals surface area contributed by atoms with E-state index in [4.69, 9.17) is 5.11 Å². The molecule has 1 heterocycles. The van der Waals surface area contributed by atoms with Crippen LogP contribution in [-0.2, 0) is 14.4 Å². The van der Waals surface area contributed by atoms with E-state index in [1.54, 1.807) is 24.3 Å². The summed E-state index contributed by atoms with van der Waals surface area (Å²) in [5, 5.41) is 11.7. The number of carboxylic acids is 1. The maximum Gasteiger partial charge on any atom is 0.305 e. The minimum Gasteiger partial charge on any atom is -0.481 e. The van der Waals surface area contributed by atoms with E-state index < -0.39 is 12.0 Å². The minimum absolute atomic E-state index is 0.0330. The first-order valence-electron chi connectivity index (χ1n) is 6.48. The van der Waals surface area contributed by atoms with E-state index in [1.165, 1.54) is 16.7 Å². The quantitative estimate of drug-likeness (QED) is 0.813. The Bertz CT molecular complexity index is 535. The van der Waals surface area contributed by atoms with Gasteiger partial charge in [-0.05, 0) is 5.56 Å². The van der Waals surface area contributed by atoms with Crippen LogP contribution in [-0.4, -0.2) is 46.0 Å². The molecule has 1 aromatic carbocycles. The van der Waals surface area contributed by atoms with E-state index in [-0.39, 0.29) is 24.8 Å². The Hall–Kier alpha value is -2.02. The first kappa shape index (κ1) is 15.4. The molecule has 6 nitrogen and oxygen atoms in total. The van der Waals surface area contributed by atoms with Gasteiger partial charge in [0.15, 0.2) is 0 Å². The molecule has 1 fully saturated rings. The second-order valence-corrected chi connectivity index (χ2v) is 5.65. The fourth-order valence-corrected chi connectivity index (χ4v) is 2.97. The van der Waals surface area contributed by atoms with Gasteiger partial charge in [0.05, 0.1) is 24.1 Å². The van der Waals surface area contributed by atoms with Crippen LogP contribution in [0.1, 0.15) is 18.0 Å². The van der Waals surface area contributed by atoms with Crippen molar-refractivity contribution < 1.29 is 19.5 Å². The lowest BCUT2D eigenvalue weighted by atomic mass is 10.0. The molecular formula is C14H16N2O4S. The molecule has 21 heavy (non-hydrogen) atoms. The van der Waals surface area contributed by atoms with Crippen LogP contribution in [0, 0.1) is 0 Å². The zero-order chi connectivity index (χ0) is 15.2. The summed E-state index contributed by atoms with van der Waals surface area (Å²) in [7, 11) is 0. The van der Waals surface area contributed by atoms with Crippen LogP contribution in [0.15, 0.2) is 30.3 Å². The van der Waals surface area contributed by atoms with Crippen LogP contribution >= 0.6 is 11.8 Å². The highest BCUT2D eigenvalue weighted by molar-refractivity contribution is 8.00. The van der Waals surface area contributed by atoms with E-state index in [9.17, 15) is 14.4 Å². The molecule has 2 amide bonds. The monoisotopic (exact) mass is 308 g/mol. The summed E-state index contributed by atoms with van der Waals surface area (Å²) in [5.41, 5.74) is 0.732. The lowest BCUT2D eigenvalue weighted by Crippen LogP contribution is -2.40. The zero-order valence-electron chi connectivity index (χ0n) is 11.3. The highest BCUT2D eigenvalue weighted by Crippen LogP contribution is 2.18. The zero-order valence-corrected chi connectivity index (χ0v) is 12.1. The van der Waals surface area contributed by atoms with Gasteiger partial charge in [0.1, 0.15) is 6.54 Å². The van der Waals surface area contributed by atoms with Gasteiger partial charge in [-0.15, -0.1) is 11.8 Å². The van der Waals surface area contributed by atoms with Crippen LogP contribution in [0.2, 0.25) is 0 Å². The average molecular weight is 308 g/mol. The summed E-state index contributed by atoms with van der Waals surface area (Å²) in [5.74, 6) is -0.506. The molecule has 1 aliphatic heterocycles.